The predicted octanol–water partition coefficient (Wildman–Crippen LogP) is 5.80. The molecule has 0 aliphatic carbocycles. The quantitative estimate of drug-likeness (QED) is 0.339. The van der Waals surface area contributed by atoms with Crippen LogP contribution < -0.4 is 5.32 Å². The average Bonchev–Trinajstić information content (AvgIpc) is 2.81. The van der Waals surface area contributed by atoms with Gasteiger partial charge in [-0.25, -0.2) is 19.9 Å². The summed E-state index contributed by atoms with van der Waals surface area (Å²) in [5, 5.41) is 3.18. The van der Waals surface area contributed by atoms with Gasteiger partial charge in [-0.3, -0.25) is 4.98 Å². The summed E-state index contributed by atoms with van der Waals surface area (Å²) in [6.45, 7) is 2.09. The Bertz CT molecular complexity index is 1340. The lowest BCUT2D eigenvalue weighted by atomic mass is 10.1. The Morgan fingerprint density at radius 2 is 1.69 bits per heavy atom. The number of hydrogen-bond donors (Lipinski definition) is 1. The van der Waals surface area contributed by atoms with Crippen molar-refractivity contribution in [2.24, 2.45) is 0 Å². The second-order valence-corrected chi connectivity index (χ2v) is 7.15. The first kappa shape index (κ1) is 24.3. The maximum atomic E-state index is 13.5. The summed E-state index contributed by atoms with van der Waals surface area (Å²) in [5.74, 6) is 0.339. The molecule has 4 heterocycles. The molecule has 0 fully saturated rings. The van der Waals surface area contributed by atoms with E-state index in [1.54, 1.807) is 6.92 Å². The van der Waals surface area contributed by atoms with Crippen molar-refractivity contribution in [1.82, 2.24) is 24.9 Å². The van der Waals surface area contributed by atoms with E-state index >= 15 is 0 Å². The number of ether oxygens (including phenoxy) is 1. The summed E-state index contributed by atoms with van der Waals surface area (Å²) in [4.78, 5) is 20.1. The average molecular weight is 494 g/mol. The Balaban J connectivity index is 1.78. The van der Waals surface area contributed by atoms with Gasteiger partial charge in [0.25, 0.3) is 0 Å². The third-order valence-corrected chi connectivity index (χ3v) is 4.71. The first-order chi connectivity index (χ1) is 16.6. The maximum absolute atomic E-state index is 13.5. The van der Waals surface area contributed by atoms with Crippen LogP contribution in [0.15, 0.2) is 48.8 Å². The lowest BCUT2D eigenvalue weighted by Crippen LogP contribution is -2.10. The smallest absolute Gasteiger partial charge is 0.374 e. The number of anilines is 2. The van der Waals surface area contributed by atoms with Crippen molar-refractivity contribution < 1.29 is 31.1 Å². The molecule has 35 heavy (non-hydrogen) atoms. The van der Waals surface area contributed by atoms with Crippen molar-refractivity contribution >= 4 is 22.5 Å². The first-order valence-corrected chi connectivity index (χ1v) is 10.1. The molecule has 182 valence electrons. The minimum absolute atomic E-state index is 0.0182. The van der Waals surface area contributed by atoms with Crippen LogP contribution in [0.1, 0.15) is 24.0 Å². The minimum Gasteiger partial charge on any atom is -0.374 e. The number of nitrogens with one attached hydrogen (secondary N) is 1. The Morgan fingerprint density at radius 3 is 2.34 bits per heavy atom. The monoisotopic (exact) mass is 494 g/mol. The van der Waals surface area contributed by atoms with Gasteiger partial charge in [-0.2, -0.15) is 26.3 Å². The van der Waals surface area contributed by atoms with E-state index in [-0.39, 0.29) is 41.0 Å². The van der Waals surface area contributed by atoms with Crippen LogP contribution in [0.2, 0.25) is 0 Å². The van der Waals surface area contributed by atoms with E-state index in [1.807, 2.05) is 0 Å². The molecular weight excluding hydrogens is 478 g/mol. The molecule has 0 radical (unpaired) electrons. The first-order valence-electron chi connectivity index (χ1n) is 10.1. The standard InChI is InChI=1S/C22H16F6N6O/c1-2-35-11-17-33-19(31-12-5-8-16(30-10-12)22(26,27)28)13-6-7-15(32-20(13)34-17)18-14(21(23,24)25)4-3-9-29-18/h3-10H,2,11H2,1H3,(H,31,32,33,34). The fourth-order valence-electron chi connectivity index (χ4n) is 3.15. The Labute approximate surface area is 194 Å². The molecule has 0 saturated carbocycles. The third kappa shape index (κ3) is 5.45. The lowest BCUT2D eigenvalue weighted by molar-refractivity contribution is -0.141. The molecule has 4 aromatic heterocycles. The molecule has 0 aromatic carbocycles. The summed E-state index contributed by atoms with van der Waals surface area (Å²) in [5.41, 5.74) is -2.19. The summed E-state index contributed by atoms with van der Waals surface area (Å²) in [6.07, 6.45) is -7.02. The Morgan fingerprint density at radius 1 is 0.886 bits per heavy atom. The predicted molar refractivity (Wildman–Crippen MR) is 113 cm³/mol. The van der Waals surface area contributed by atoms with E-state index in [4.69, 9.17) is 4.74 Å². The number of pyridine rings is 3. The van der Waals surface area contributed by atoms with Crippen molar-refractivity contribution in [3.8, 4) is 11.4 Å². The van der Waals surface area contributed by atoms with Crippen molar-refractivity contribution in [2.75, 3.05) is 11.9 Å². The van der Waals surface area contributed by atoms with Crippen LogP contribution in [0, 0.1) is 0 Å². The Kier molecular flexibility index (Phi) is 6.52. The van der Waals surface area contributed by atoms with Gasteiger partial charge < -0.3 is 10.1 Å². The summed E-state index contributed by atoms with van der Waals surface area (Å²) in [6, 6.07) is 6.85. The molecule has 0 amide bonds. The van der Waals surface area contributed by atoms with Gasteiger partial charge in [0, 0.05) is 12.8 Å². The molecule has 13 heteroatoms. The molecule has 0 atom stereocenters. The SMILES string of the molecule is CCOCc1nc(Nc2ccc(C(F)(F)F)nc2)c2ccc(-c3ncccc3C(F)(F)F)nc2n1. The zero-order valence-electron chi connectivity index (χ0n) is 17.9. The van der Waals surface area contributed by atoms with E-state index in [0.717, 1.165) is 18.3 Å². The fourth-order valence-corrected chi connectivity index (χ4v) is 3.15. The van der Waals surface area contributed by atoms with E-state index in [1.165, 1.54) is 30.5 Å². The number of aromatic nitrogens is 5. The summed E-state index contributed by atoms with van der Waals surface area (Å²) >= 11 is 0. The van der Waals surface area contributed by atoms with Gasteiger partial charge in [0.1, 0.15) is 23.8 Å². The van der Waals surface area contributed by atoms with Gasteiger partial charge >= 0.3 is 12.4 Å². The number of rotatable bonds is 6. The van der Waals surface area contributed by atoms with Gasteiger partial charge in [0.05, 0.1) is 28.5 Å². The molecular formula is C22H16F6N6O. The molecule has 0 spiro atoms. The van der Waals surface area contributed by atoms with Gasteiger partial charge in [-0.1, -0.05) is 0 Å². The molecule has 0 aliphatic heterocycles. The van der Waals surface area contributed by atoms with Crippen LogP contribution >= 0.6 is 0 Å². The molecule has 0 bridgehead atoms. The topological polar surface area (TPSA) is 85.7 Å². The van der Waals surface area contributed by atoms with Crippen molar-refractivity contribution in [1.29, 1.82) is 0 Å². The summed E-state index contributed by atoms with van der Waals surface area (Å²) in [7, 11) is 0. The van der Waals surface area contributed by atoms with Crippen molar-refractivity contribution in [3.63, 3.8) is 0 Å². The van der Waals surface area contributed by atoms with Crippen LogP contribution in [0.5, 0.6) is 0 Å². The molecule has 4 rings (SSSR count). The second-order valence-electron chi connectivity index (χ2n) is 7.15. The highest BCUT2D eigenvalue weighted by atomic mass is 19.4. The number of alkyl halides is 6. The molecule has 4 aromatic rings. The van der Waals surface area contributed by atoms with E-state index in [2.05, 4.69) is 30.2 Å². The largest absolute Gasteiger partial charge is 0.433 e. The highest BCUT2D eigenvalue weighted by Crippen LogP contribution is 2.36. The van der Waals surface area contributed by atoms with Crippen LogP contribution in [-0.2, 0) is 23.7 Å². The summed E-state index contributed by atoms with van der Waals surface area (Å²) < 4.78 is 84.1. The highest BCUT2D eigenvalue weighted by Gasteiger charge is 2.35. The normalized spacial score (nSPS) is 12.2. The minimum atomic E-state index is -4.64. The van der Waals surface area contributed by atoms with E-state index < -0.39 is 23.6 Å². The molecule has 1 N–H and O–H groups in total. The zero-order chi connectivity index (χ0) is 25.2. The van der Waals surface area contributed by atoms with Gasteiger partial charge in [0.2, 0.25) is 0 Å². The van der Waals surface area contributed by atoms with Crippen LogP contribution in [0.4, 0.5) is 37.8 Å². The molecule has 7 nitrogen and oxygen atoms in total. The Hall–Kier alpha value is -3.87. The number of hydrogen-bond acceptors (Lipinski definition) is 7. The van der Waals surface area contributed by atoms with Gasteiger partial charge in [-0.15, -0.1) is 0 Å². The maximum Gasteiger partial charge on any atom is 0.433 e. The van der Waals surface area contributed by atoms with E-state index in [9.17, 15) is 26.3 Å². The number of halogens is 6. The number of nitrogens with zero attached hydrogens (tertiary/aromatic N) is 5. The van der Waals surface area contributed by atoms with Crippen LogP contribution in [-0.4, -0.2) is 31.5 Å². The second kappa shape index (κ2) is 9.41. The van der Waals surface area contributed by atoms with Crippen molar-refractivity contribution in [2.45, 2.75) is 25.9 Å². The molecule has 0 unspecified atom stereocenters. The zero-order valence-corrected chi connectivity index (χ0v) is 17.9. The van der Waals surface area contributed by atoms with Gasteiger partial charge in [0.15, 0.2) is 11.5 Å². The third-order valence-electron chi connectivity index (χ3n) is 4.71. The van der Waals surface area contributed by atoms with Crippen molar-refractivity contribution in [3.05, 3.63) is 65.9 Å². The van der Waals surface area contributed by atoms with E-state index in [0.29, 0.717) is 12.0 Å². The lowest BCUT2D eigenvalue weighted by Gasteiger charge is -2.13. The molecule has 0 aliphatic rings. The van der Waals surface area contributed by atoms with Crippen LogP contribution in [0.3, 0.4) is 0 Å². The molecule has 0 saturated heterocycles. The highest BCUT2D eigenvalue weighted by molar-refractivity contribution is 5.90. The number of fused-ring (bicyclic) bond motifs is 1. The fraction of sp³-hybridized carbons (Fsp3) is 0.227. The van der Waals surface area contributed by atoms with Crippen LogP contribution in [0.25, 0.3) is 22.4 Å². The van der Waals surface area contributed by atoms with Gasteiger partial charge in [-0.05, 0) is 43.3 Å².